The minimum absolute atomic E-state index is 0.288. The van der Waals surface area contributed by atoms with Crippen LogP contribution in [0.1, 0.15) is 45.4 Å². The normalized spacial score (nSPS) is 11.8. The molecule has 0 aliphatic rings. The van der Waals surface area contributed by atoms with Gasteiger partial charge in [-0.2, -0.15) is 0 Å². The van der Waals surface area contributed by atoms with E-state index in [9.17, 15) is 4.79 Å². The fourth-order valence-corrected chi connectivity index (χ4v) is 1.60. The molecule has 0 fully saturated rings. The average Bonchev–Trinajstić information content (AvgIpc) is 2.31. The summed E-state index contributed by atoms with van der Waals surface area (Å²) in [5.74, 6) is -0.832. The summed E-state index contributed by atoms with van der Waals surface area (Å²) in [6.45, 7) is 2.85. The van der Waals surface area contributed by atoms with Crippen LogP contribution in [0.3, 0.4) is 0 Å². The Morgan fingerprint density at radius 1 is 1.41 bits per heavy atom. The van der Waals surface area contributed by atoms with E-state index in [0.29, 0.717) is 13.0 Å². The Balaban J connectivity index is 3.67. The number of azide groups is 1. The van der Waals surface area contributed by atoms with Gasteiger partial charge in [-0.25, -0.2) is 0 Å². The van der Waals surface area contributed by atoms with E-state index in [4.69, 9.17) is 10.6 Å². The predicted molar refractivity (Wildman–Crippen MR) is 66.8 cm³/mol. The molecule has 0 spiro atoms. The molecule has 0 aromatic rings. The van der Waals surface area contributed by atoms with E-state index < -0.39 is 12.0 Å². The van der Waals surface area contributed by atoms with Gasteiger partial charge in [0.1, 0.15) is 6.04 Å². The standard InChI is InChI=1S/C11H22N4O2/c1-2-3-4-5-6-7-10(11(16)17)13-8-9-14-15-12/h10,13H,2-9H2,1H3,(H,16,17). The Morgan fingerprint density at radius 2 is 2.12 bits per heavy atom. The third-order valence-electron chi connectivity index (χ3n) is 2.56. The molecule has 0 amide bonds. The first-order valence-electron chi connectivity index (χ1n) is 6.19. The maximum Gasteiger partial charge on any atom is 0.320 e. The molecule has 0 aromatic heterocycles. The van der Waals surface area contributed by atoms with Crippen molar-refractivity contribution >= 4 is 5.97 Å². The SMILES string of the molecule is CCCCCCCC(NCCN=[N+]=[N-])C(=O)O. The lowest BCUT2D eigenvalue weighted by Crippen LogP contribution is -2.37. The molecular formula is C11H22N4O2. The Morgan fingerprint density at radius 3 is 2.71 bits per heavy atom. The van der Waals surface area contributed by atoms with Gasteiger partial charge in [0.2, 0.25) is 0 Å². The highest BCUT2D eigenvalue weighted by Gasteiger charge is 2.15. The van der Waals surface area contributed by atoms with Gasteiger partial charge in [0.25, 0.3) is 0 Å². The molecule has 0 aliphatic carbocycles. The Labute approximate surface area is 102 Å². The molecule has 0 aliphatic heterocycles. The van der Waals surface area contributed by atoms with E-state index >= 15 is 0 Å². The molecule has 0 heterocycles. The zero-order chi connectivity index (χ0) is 12.9. The van der Waals surface area contributed by atoms with Crippen LogP contribution in [0.15, 0.2) is 5.11 Å². The molecule has 0 saturated heterocycles. The second-order valence-corrected chi connectivity index (χ2v) is 4.00. The van der Waals surface area contributed by atoms with E-state index in [2.05, 4.69) is 22.3 Å². The van der Waals surface area contributed by atoms with Crippen molar-refractivity contribution in [2.24, 2.45) is 5.11 Å². The van der Waals surface area contributed by atoms with Crippen molar-refractivity contribution < 1.29 is 9.90 Å². The van der Waals surface area contributed by atoms with Gasteiger partial charge in [-0.15, -0.1) is 0 Å². The summed E-state index contributed by atoms with van der Waals surface area (Å²) in [6, 6.07) is -0.523. The number of hydrogen-bond acceptors (Lipinski definition) is 3. The third kappa shape index (κ3) is 9.66. The van der Waals surface area contributed by atoms with Crippen LogP contribution in [0.2, 0.25) is 0 Å². The zero-order valence-electron chi connectivity index (χ0n) is 10.4. The van der Waals surface area contributed by atoms with Gasteiger partial charge in [0, 0.05) is 18.0 Å². The molecule has 0 radical (unpaired) electrons. The summed E-state index contributed by atoms with van der Waals surface area (Å²) in [5.41, 5.74) is 8.08. The Hall–Kier alpha value is -1.26. The lowest BCUT2D eigenvalue weighted by Gasteiger charge is -2.13. The largest absolute Gasteiger partial charge is 0.480 e. The topological polar surface area (TPSA) is 98.1 Å². The monoisotopic (exact) mass is 242 g/mol. The summed E-state index contributed by atoms with van der Waals surface area (Å²) in [4.78, 5) is 13.5. The van der Waals surface area contributed by atoms with Crippen molar-refractivity contribution in [3.63, 3.8) is 0 Å². The van der Waals surface area contributed by atoms with Crippen LogP contribution < -0.4 is 5.32 Å². The van der Waals surface area contributed by atoms with Crippen molar-refractivity contribution in [2.45, 2.75) is 51.5 Å². The summed E-state index contributed by atoms with van der Waals surface area (Å²) < 4.78 is 0. The smallest absolute Gasteiger partial charge is 0.320 e. The predicted octanol–water partition coefficient (Wildman–Crippen LogP) is 2.70. The number of carboxylic acid groups (broad SMARTS) is 1. The van der Waals surface area contributed by atoms with Gasteiger partial charge in [0.15, 0.2) is 0 Å². The van der Waals surface area contributed by atoms with Crippen LogP contribution in [0, 0.1) is 0 Å². The van der Waals surface area contributed by atoms with Gasteiger partial charge in [-0.3, -0.25) is 4.79 Å². The lowest BCUT2D eigenvalue weighted by molar-refractivity contribution is -0.139. The van der Waals surface area contributed by atoms with E-state index in [1.54, 1.807) is 0 Å². The lowest BCUT2D eigenvalue weighted by atomic mass is 10.1. The zero-order valence-corrected chi connectivity index (χ0v) is 10.4. The first kappa shape index (κ1) is 15.7. The number of carboxylic acids is 1. The molecule has 0 bridgehead atoms. The number of unbranched alkanes of at least 4 members (excludes halogenated alkanes) is 4. The van der Waals surface area contributed by atoms with Crippen LogP contribution in [0.4, 0.5) is 0 Å². The van der Waals surface area contributed by atoms with Gasteiger partial charge < -0.3 is 10.4 Å². The minimum Gasteiger partial charge on any atom is -0.480 e. The Kier molecular flexibility index (Phi) is 10.4. The molecule has 0 aromatic carbocycles. The molecule has 17 heavy (non-hydrogen) atoms. The van der Waals surface area contributed by atoms with Crippen LogP contribution in [0.25, 0.3) is 10.4 Å². The van der Waals surface area contributed by atoms with Crippen molar-refractivity contribution in [2.75, 3.05) is 13.1 Å². The van der Waals surface area contributed by atoms with Gasteiger partial charge in [0.05, 0.1) is 0 Å². The minimum atomic E-state index is -0.832. The molecule has 1 unspecified atom stereocenters. The van der Waals surface area contributed by atoms with Crippen molar-refractivity contribution in [3.05, 3.63) is 10.4 Å². The van der Waals surface area contributed by atoms with Crippen molar-refractivity contribution in [3.8, 4) is 0 Å². The maximum atomic E-state index is 10.9. The first-order valence-corrected chi connectivity index (χ1v) is 6.19. The molecule has 2 N–H and O–H groups in total. The van der Waals surface area contributed by atoms with Gasteiger partial charge >= 0.3 is 5.97 Å². The number of aliphatic carboxylic acids is 1. The number of carbonyl (C=O) groups is 1. The fraction of sp³-hybridized carbons (Fsp3) is 0.909. The summed E-state index contributed by atoms with van der Waals surface area (Å²) in [7, 11) is 0. The molecular weight excluding hydrogens is 220 g/mol. The van der Waals surface area contributed by atoms with E-state index in [-0.39, 0.29) is 6.54 Å². The van der Waals surface area contributed by atoms with Crippen molar-refractivity contribution in [1.29, 1.82) is 0 Å². The number of hydrogen-bond donors (Lipinski definition) is 2. The van der Waals surface area contributed by atoms with Gasteiger partial charge in [-0.05, 0) is 12.0 Å². The second-order valence-electron chi connectivity index (χ2n) is 4.00. The average molecular weight is 242 g/mol. The van der Waals surface area contributed by atoms with E-state index in [1.807, 2.05) is 0 Å². The quantitative estimate of drug-likeness (QED) is 0.252. The summed E-state index contributed by atoms with van der Waals surface area (Å²) in [6.07, 6.45) is 6.20. The summed E-state index contributed by atoms with van der Waals surface area (Å²) >= 11 is 0. The number of nitrogens with zero attached hydrogens (tertiary/aromatic N) is 3. The maximum absolute atomic E-state index is 10.9. The molecule has 6 nitrogen and oxygen atoms in total. The summed E-state index contributed by atoms with van der Waals surface area (Å²) in [5, 5.41) is 15.2. The number of nitrogens with one attached hydrogen (secondary N) is 1. The second kappa shape index (κ2) is 11.2. The Bertz CT molecular complexity index is 252. The van der Waals surface area contributed by atoms with Crippen LogP contribution >= 0.6 is 0 Å². The van der Waals surface area contributed by atoms with Crippen LogP contribution in [0.5, 0.6) is 0 Å². The molecule has 1 atom stereocenters. The number of rotatable bonds is 11. The highest BCUT2D eigenvalue weighted by Crippen LogP contribution is 2.07. The van der Waals surface area contributed by atoms with Crippen LogP contribution in [-0.2, 0) is 4.79 Å². The molecule has 98 valence electrons. The molecule has 0 rings (SSSR count). The highest BCUT2D eigenvalue weighted by atomic mass is 16.4. The van der Waals surface area contributed by atoms with E-state index in [0.717, 1.165) is 12.8 Å². The molecule has 6 heteroatoms. The first-order chi connectivity index (χ1) is 8.22. The van der Waals surface area contributed by atoms with Crippen molar-refractivity contribution in [1.82, 2.24) is 5.32 Å². The molecule has 0 saturated carbocycles. The van der Waals surface area contributed by atoms with E-state index in [1.165, 1.54) is 19.3 Å². The van der Waals surface area contributed by atoms with Crippen LogP contribution in [-0.4, -0.2) is 30.2 Å². The van der Waals surface area contributed by atoms with Gasteiger partial charge in [-0.1, -0.05) is 44.1 Å². The third-order valence-corrected chi connectivity index (χ3v) is 2.56. The fourth-order valence-electron chi connectivity index (χ4n) is 1.60. The highest BCUT2D eigenvalue weighted by molar-refractivity contribution is 5.73.